The van der Waals surface area contributed by atoms with Crippen molar-refractivity contribution in [1.29, 1.82) is 0 Å². The lowest BCUT2D eigenvalue weighted by atomic mass is 10.2. The van der Waals surface area contributed by atoms with Gasteiger partial charge in [0.1, 0.15) is 0 Å². The minimum Gasteiger partial charge on any atom is -0.338 e. The average molecular weight is 406 g/mol. The number of aromatic nitrogens is 5. The molecule has 0 aliphatic rings. The number of hydrogen-bond acceptors (Lipinski definition) is 6. The summed E-state index contributed by atoms with van der Waals surface area (Å²) in [5, 5.41) is 13.8. The van der Waals surface area contributed by atoms with Crippen LogP contribution in [0.1, 0.15) is 37.0 Å². The van der Waals surface area contributed by atoms with Crippen LogP contribution in [-0.2, 0) is 12.2 Å². The molecule has 2 aromatic heterocycles. The first-order valence-corrected chi connectivity index (χ1v) is 10.8. The molecule has 0 N–H and O–H groups in total. The fourth-order valence-electron chi connectivity index (χ4n) is 2.98. The smallest absolute Gasteiger partial charge is 0.237 e. The average Bonchev–Trinajstić information content (AvgIpc) is 3.39. The van der Waals surface area contributed by atoms with Gasteiger partial charge in [0.25, 0.3) is 0 Å². The van der Waals surface area contributed by atoms with E-state index < -0.39 is 0 Å². The number of benzene rings is 2. The predicted molar refractivity (Wildman–Crippen MR) is 114 cm³/mol. The summed E-state index contributed by atoms with van der Waals surface area (Å²) in [6.07, 6.45) is 3.03. The lowest BCUT2D eigenvalue weighted by Gasteiger charge is -2.10. The van der Waals surface area contributed by atoms with E-state index in [0.717, 1.165) is 47.3 Å². The van der Waals surface area contributed by atoms with Crippen molar-refractivity contribution in [3.63, 3.8) is 0 Å². The lowest BCUT2D eigenvalue weighted by Crippen LogP contribution is -2.00. The number of thioether (sulfide) groups is 1. The van der Waals surface area contributed by atoms with Crippen molar-refractivity contribution in [1.82, 2.24) is 24.9 Å². The number of unbranched alkanes of at least 4 members (excludes halogenated alkanes) is 1. The Morgan fingerprint density at radius 3 is 2.55 bits per heavy atom. The van der Waals surface area contributed by atoms with E-state index in [-0.39, 0.29) is 0 Å². The van der Waals surface area contributed by atoms with E-state index in [0.29, 0.717) is 11.6 Å². The lowest BCUT2D eigenvalue weighted by molar-refractivity contribution is 0.384. The summed E-state index contributed by atoms with van der Waals surface area (Å²) in [6, 6.07) is 18.5. The van der Waals surface area contributed by atoms with Gasteiger partial charge in [-0.25, -0.2) is 0 Å². The van der Waals surface area contributed by atoms with Gasteiger partial charge in [-0.3, -0.25) is 4.57 Å². The van der Waals surface area contributed by atoms with E-state index in [1.54, 1.807) is 11.8 Å². The molecule has 0 fully saturated rings. The van der Waals surface area contributed by atoms with Gasteiger partial charge in [0.05, 0.1) is 5.75 Å². The summed E-state index contributed by atoms with van der Waals surface area (Å²) < 4.78 is 7.47. The summed E-state index contributed by atoms with van der Waals surface area (Å²) >= 11 is 1.54. The summed E-state index contributed by atoms with van der Waals surface area (Å²) in [7, 11) is 0. The van der Waals surface area contributed by atoms with E-state index in [1.807, 2.05) is 30.3 Å². The van der Waals surface area contributed by atoms with Crippen molar-refractivity contribution in [3.8, 4) is 17.1 Å². The van der Waals surface area contributed by atoms with Crippen LogP contribution >= 0.6 is 11.8 Å². The molecule has 29 heavy (non-hydrogen) atoms. The SMILES string of the molecule is CCCCc1noc(CSc2nnc(-c3ccccc3)n2-c2ccc(C)cc2)n1. The molecule has 4 aromatic rings. The first-order chi connectivity index (χ1) is 14.2. The van der Waals surface area contributed by atoms with E-state index in [9.17, 15) is 0 Å². The molecule has 2 heterocycles. The van der Waals surface area contributed by atoms with Gasteiger partial charge in [-0.15, -0.1) is 10.2 Å². The third kappa shape index (κ3) is 4.56. The molecule has 0 bridgehead atoms. The van der Waals surface area contributed by atoms with E-state index in [1.165, 1.54) is 5.56 Å². The van der Waals surface area contributed by atoms with Gasteiger partial charge >= 0.3 is 0 Å². The Balaban J connectivity index is 1.62. The van der Waals surface area contributed by atoms with Gasteiger partial charge < -0.3 is 4.52 Å². The van der Waals surface area contributed by atoms with Crippen LogP contribution in [-0.4, -0.2) is 24.9 Å². The van der Waals surface area contributed by atoms with Crippen LogP contribution < -0.4 is 0 Å². The standard InChI is InChI=1S/C22H23N5OS/c1-3-4-10-19-23-20(28-26-19)15-29-22-25-24-21(17-8-6-5-7-9-17)27(22)18-13-11-16(2)12-14-18/h5-9,11-14H,3-4,10,15H2,1-2H3. The van der Waals surface area contributed by atoms with Crippen LogP contribution in [0.25, 0.3) is 17.1 Å². The maximum atomic E-state index is 5.40. The number of hydrogen-bond donors (Lipinski definition) is 0. The summed E-state index contributed by atoms with van der Waals surface area (Å²) in [4.78, 5) is 4.49. The van der Waals surface area contributed by atoms with E-state index >= 15 is 0 Å². The van der Waals surface area contributed by atoms with Gasteiger partial charge in [-0.1, -0.05) is 78.3 Å². The molecule has 6 nitrogen and oxygen atoms in total. The molecule has 7 heteroatoms. The zero-order chi connectivity index (χ0) is 20.1. The zero-order valence-corrected chi connectivity index (χ0v) is 17.4. The molecule has 0 unspecified atom stereocenters. The molecule has 0 saturated carbocycles. The highest BCUT2D eigenvalue weighted by atomic mass is 32.2. The Morgan fingerprint density at radius 1 is 1.00 bits per heavy atom. The third-order valence-electron chi connectivity index (χ3n) is 4.55. The maximum absolute atomic E-state index is 5.40. The first kappa shape index (κ1) is 19.4. The van der Waals surface area contributed by atoms with Crippen LogP contribution in [0.3, 0.4) is 0 Å². The summed E-state index contributed by atoms with van der Waals surface area (Å²) in [5.74, 6) is 2.75. The Kier molecular flexibility index (Phi) is 6.05. The van der Waals surface area contributed by atoms with Crippen molar-refractivity contribution in [2.75, 3.05) is 0 Å². The van der Waals surface area contributed by atoms with Crippen molar-refractivity contribution in [2.45, 2.75) is 44.0 Å². The normalized spacial score (nSPS) is 11.1. The molecule has 148 valence electrons. The van der Waals surface area contributed by atoms with Crippen molar-refractivity contribution >= 4 is 11.8 Å². The molecule has 0 aliphatic carbocycles. The topological polar surface area (TPSA) is 69.6 Å². The predicted octanol–water partition coefficient (Wildman–Crippen LogP) is 5.26. The van der Waals surface area contributed by atoms with Gasteiger partial charge in [0.15, 0.2) is 16.8 Å². The fourth-order valence-corrected chi connectivity index (χ4v) is 3.77. The first-order valence-electron chi connectivity index (χ1n) is 9.76. The van der Waals surface area contributed by atoms with Gasteiger partial charge in [0.2, 0.25) is 5.89 Å². The minimum absolute atomic E-state index is 0.553. The molecule has 0 aliphatic heterocycles. The molecule has 0 amide bonds. The Bertz CT molecular complexity index is 1060. The highest BCUT2D eigenvalue weighted by Gasteiger charge is 2.17. The molecule has 4 rings (SSSR count). The molecule has 2 aromatic carbocycles. The molecule has 0 spiro atoms. The number of rotatable bonds is 8. The minimum atomic E-state index is 0.553. The molecular weight excluding hydrogens is 382 g/mol. The van der Waals surface area contributed by atoms with Crippen LogP contribution in [0.2, 0.25) is 0 Å². The maximum Gasteiger partial charge on any atom is 0.237 e. The van der Waals surface area contributed by atoms with E-state index in [4.69, 9.17) is 4.52 Å². The highest BCUT2D eigenvalue weighted by molar-refractivity contribution is 7.98. The van der Waals surface area contributed by atoms with Crippen molar-refractivity contribution in [3.05, 3.63) is 71.9 Å². The zero-order valence-electron chi connectivity index (χ0n) is 16.6. The van der Waals surface area contributed by atoms with Crippen LogP contribution in [0, 0.1) is 6.92 Å². The summed E-state index contributed by atoms with van der Waals surface area (Å²) in [6.45, 7) is 4.23. The number of aryl methyl sites for hydroxylation is 2. The van der Waals surface area contributed by atoms with Crippen LogP contribution in [0.15, 0.2) is 64.3 Å². The molecule has 0 saturated heterocycles. The van der Waals surface area contributed by atoms with Gasteiger partial charge in [-0.2, -0.15) is 4.98 Å². The fraction of sp³-hybridized carbons (Fsp3) is 0.273. The Labute approximate surface area is 174 Å². The largest absolute Gasteiger partial charge is 0.338 e. The van der Waals surface area contributed by atoms with E-state index in [2.05, 4.69) is 63.0 Å². The van der Waals surface area contributed by atoms with Crippen LogP contribution in [0.4, 0.5) is 0 Å². The third-order valence-corrected chi connectivity index (χ3v) is 5.46. The Hall–Kier alpha value is -2.93. The summed E-state index contributed by atoms with van der Waals surface area (Å²) in [5.41, 5.74) is 3.26. The second-order valence-corrected chi connectivity index (χ2v) is 7.78. The quantitative estimate of drug-likeness (QED) is 0.372. The second kappa shape index (κ2) is 9.05. The highest BCUT2D eigenvalue weighted by Crippen LogP contribution is 2.29. The second-order valence-electron chi connectivity index (χ2n) is 6.84. The molecular formula is C22H23N5OS. The molecule has 0 radical (unpaired) electrons. The number of nitrogens with zero attached hydrogens (tertiary/aromatic N) is 5. The van der Waals surface area contributed by atoms with Crippen molar-refractivity contribution in [2.24, 2.45) is 0 Å². The van der Waals surface area contributed by atoms with Crippen molar-refractivity contribution < 1.29 is 4.52 Å². The molecule has 0 atom stereocenters. The van der Waals surface area contributed by atoms with Gasteiger partial charge in [0, 0.05) is 17.7 Å². The van der Waals surface area contributed by atoms with Crippen LogP contribution in [0.5, 0.6) is 0 Å². The van der Waals surface area contributed by atoms with Gasteiger partial charge in [-0.05, 0) is 25.5 Å². The monoisotopic (exact) mass is 405 g/mol. The Morgan fingerprint density at radius 2 is 1.79 bits per heavy atom.